The molecule has 0 radical (unpaired) electrons. The van der Waals surface area contributed by atoms with E-state index < -0.39 is 23.3 Å². The van der Waals surface area contributed by atoms with E-state index in [2.05, 4.69) is 27.4 Å². The first-order chi connectivity index (χ1) is 17.1. The minimum Gasteiger partial charge on any atom is -0.477 e. The number of nitrogens with one attached hydrogen (secondary N) is 2. The first-order valence-corrected chi connectivity index (χ1v) is 13.6. The zero-order chi connectivity index (χ0) is 28.0. The van der Waals surface area contributed by atoms with Crippen molar-refractivity contribution in [2.75, 3.05) is 37.6 Å². The van der Waals surface area contributed by atoms with Gasteiger partial charge in [0.2, 0.25) is 0 Å². The number of amides is 2. The van der Waals surface area contributed by atoms with Crippen LogP contribution < -0.4 is 15.5 Å². The Hall–Kier alpha value is -2.60. The Morgan fingerprint density at radius 1 is 0.946 bits per heavy atom. The normalized spacial score (nSPS) is 16.6. The van der Waals surface area contributed by atoms with Crippen molar-refractivity contribution in [3.63, 3.8) is 0 Å². The van der Waals surface area contributed by atoms with Crippen LogP contribution in [0.3, 0.4) is 0 Å². The van der Waals surface area contributed by atoms with E-state index in [1.807, 2.05) is 53.4 Å². The lowest BCUT2D eigenvalue weighted by atomic mass is 10.1. The van der Waals surface area contributed by atoms with Crippen molar-refractivity contribution in [2.24, 2.45) is 0 Å². The van der Waals surface area contributed by atoms with Crippen molar-refractivity contribution in [3.8, 4) is 0 Å². The number of carboxylic acid groups (broad SMARTS) is 1. The number of aromatic carboxylic acids is 1. The van der Waals surface area contributed by atoms with E-state index in [1.54, 1.807) is 0 Å². The first-order valence-electron chi connectivity index (χ1n) is 12.8. The highest BCUT2D eigenvalue weighted by atomic mass is 32.1. The standard InChI is InChI=1S/C15H23N3O4S.C10H20N2O2/c1-5-6-10-11(12(19)20)23-13(17-10)18-7-9(8-18)16-14(21)22-15(2,3)4;1-5-12-6-8(7-12)11-9(13)14-10(2,3)4/h9H,5-8H2,1-4H3,(H,16,21)(H,19,20);8H,5-7H2,1-4H3,(H,11,13). The van der Waals surface area contributed by atoms with E-state index in [-0.39, 0.29) is 18.2 Å². The van der Waals surface area contributed by atoms with Gasteiger partial charge in [-0.05, 0) is 54.5 Å². The van der Waals surface area contributed by atoms with Crippen molar-refractivity contribution in [3.05, 3.63) is 10.6 Å². The predicted molar refractivity (Wildman–Crippen MR) is 144 cm³/mol. The van der Waals surface area contributed by atoms with Crippen molar-refractivity contribution in [2.45, 2.75) is 91.5 Å². The van der Waals surface area contributed by atoms with Gasteiger partial charge < -0.3 is 30.1 Å². The molecule has 0 bridgehead atoms. The van der Waals surface area contributed by atoms with Crippen LogP contribution >= 0.6 is 11.3 Å². The number of carbonyl (C=O) groups excluding carboxylic acids is 2. The summed E-state index contributed by atoms with van der Waals surface area (Å²) in [6.07, 6.45) is 0.773. The average Bonchev–Trinajstić information content (AvgIpc) is 3.08. The lowest BCUT2D eigenvalue weighted by Gasteiger charge is -2.39. The van der Waals surface area contributed by atoms with Gasteiger partial charge in [-0.3, -0.25) is 4.90 Å². The Bertz CT molecular complexity index is 927. The van der Waals surface area contributed by atoms with Gasteiger partial charge >= 0.3 is 18.2 Å². The largest absolute Gasteiger partial charge is 0.477 e. The molecule has 0 unspecified atom stereocenters. The molecule has 0 saturated carbocycles. The molecule has 12 heteroatoms. The molecule has 11 nitrogen and oxygen atoms in total. The Morgan fingerprint density at radius 3 is 1.84 bits per heavy atom. The first kappa shape index (κ1) is 30.6. The number of ether oxygens (including phenoxy) is 2. The molecule has 1 aromatic heterocycles. The predicted octanol–water partition coefficient (Wildman–Crippen LogP) is 3.72. The second-order valence-electron chi connectivity index (χ2n) is 11.3. The maximum absolute atomic E-state index is 11.7. The highest BCUT2D eigenvalue weighted by Gasteiger charge is 2.33. The molecule has 2 aliphatic rings. The second-order valence-corrected chi connectivity index (χ2v) is 12.2. The van der Waals surface area contributed by atoms with Gasteiger partial charge in [0.1, 0.15) is 16.1 Å². The highest BCUT2D eigenvalue weighted by Crippen LogP contribution is 2.30. The maximum atomic E-state index is 11.7. The zero-order valence-electron chi connectivity index (χ0n) is 23.3. The van der Waals surface area contributed by atoms with Crippen LogP contribution in [0.4, 0.5) is 14.7 Å². The number of alkyl carbamates (subject to hydrolysis) is 2. The van der Waals surface area contributed by atoms with Gasteiger partial charge in [0.05, 0.1) is 17.8 Å². The van der Waals surface area contributed by atoms with Gasteiger partial charge in [-0.25, -0.2) is 19.4 Å². The number of hydrogen-bond acceptors (Lipinski definition) is 9. The molecule has 0 spiro atoms. The molecule has 210 valence electrons. The van der Waals surface area contributed by atoms with E-state index >= 15 is 0 Å². The van der Waals surface area contributed by atoms with Crippen LogP contribution in [0.15, 0.2) is 0 Å². The van der Waals surface area contributed by atoms with Crippen LogP contribution in [0, 0.1) is 0 Å². The fourth-order valence-electron chi connectivity index (χ4n) is 3.64. The van der Waals surface area contributed by atoms with Gasteiger partial charge in [-0.2, -0.15) is 0 Å². The summed E-state index contributed by atoms with van der Waals surface area (Å²) in [4.78, 5) is 43.2. The fourth-order valence-corrected chi connectivity index (χ4v) is 4.61. The molecule has 3 rings (SSSR count). The summed E-state index contributed by atoms with van der Waals surface area (Å²) in [6.45, 7) is 19.3. The Kier molecular flexibility index (Phi) is 10.6. The van der Waals surface area contributed by atoms with Gasteiger partial charge in [-0.1, -0.05) is 31.6 Å². The lowest BCUT2D eigenvalue weighted by Crippen LogP contribution is -2.60. The van der Waals surface area contributed by atoms with Crippen LogP contribution in [0.5, 0.6) is 0 Å². The number of anilines is 1. The van der Waals surface area contributed by atoms with E-state index in [1.165, 1.54) is 11.3 Å². The van der Waals surface area contributed by atoms with Gasteiger partial charge in [0.25, 0.3) is 0 Å². The van der Waals surface area contributed by atoms with E-state index in [4.69, 9.17) is 9.47 Å². The summed E-state index contributed by atoms with van der Waals surface area (Å²) in [5, 5.41) is 15.6. The molecule has 3 heterocycles. The molecule has 3 N–H and O–H groups in total. The number of likely N-dealkylation sites (N-methyl/N-ethyl adjacent to an activating group) is 1. The summed E-state index contributed by atoms with van der Waals surface area (Å²) >= 11 is 1.19. The van der Waals surface area contributed by atoms with Crippen LogP contribution in [0.25, 0.3) is 0 Å². The Labute approximate surface area is 223 Å². The number of rotatable bonds is 7. The number of aryl methyl sites for hydroxylation is 1. The number of carbonyl (C=O) groups is 3. The minimum atomic E-state index is -0.929. The summed E-state index contributed by atoms with van der Waals surface area (Å²) in [5.41, 5.74) is -0.282. The zero-order valence-corrected chi connectivity index (χ0v) is 24.2. The molecule has 2 saturated heterocycles. The van der Waals surface area contributed by atoms with Gasteiger partial charge in [-0.15, -0.1) is 0 Å². The molecule has 2 amide bonds. The Morgan fingerprint density at radius 2 is 1.43 bits per heavy atom. The van der Waals surface area contributed by atoms with E-state index in [9.17, 15) is 19.5 Å². The number of likely N-dealkylation sites (tertiary alicyclic amines) is 1. The number of carboxylic acids is 1. The molecule has 2 fully saturated rings. The number of thiazole rings is 1. The number of hydrogen-bond donors (Lipinski definition) is 3. The topological polar surface area (TPSA) is 133 Å². The molecule has 0 aromatic carbocycles. The SMILES string of the molecule is CCCc1nc(N2CC(NC(=O)OC(C)(C)C)C2)sc1C(=O)O.CCN1CC(NC(=O)OC(C)(C)C)C1. The van der Waals surface area contributed by atoms with Crippen LogP contribution in [-0.4, -0.2) is 89.2 Å². The summed E-state index contributed by atoms with van der Waals surface area (Å²) in [6, 6.07) is 0.265. The van der Waals surface area contributed by atoms with Crippen LogP contribution in [-0.2, 0) is 15.9 Å². The molecule has 2 aliphatic heterocycles. The van der Waals surface area contributed by atoms with E-state index in [0.29, 0.717) is 35.2 Å². The molecular formula is C25H43N5O6S. The van der Waals surface area contributed by atoms with Crippen molar-refractivity contribution >= 4 is 34.6 Å². The maximum Gasteiger partial charge on any atom is 0.407 e. The van der Waals surface area contributed by atoms with Crippen molar-refractivity contribution in [1.82, 2.24) is 20.5 Å². The smallest absolute Gasteiger partial charge is 0.407 e. The fraction of sp³-hybridized carbons (Fsp3) is 0.760. The quantitative estimate of drug-likeness (QED) is 0.472. The molecule has 1 aromatic rings. The second kappa shape index (κ2) is 12.8. The molecule has 37 heavy (non-hydrogen) atoms. The third-order valence-corrected chi connectivity index (χ3v) is 6.51. The van der Waals surface area contributed by atoms with Crippen molar-refractivity contribution < 1.29 is 29.0 Å². The van der Waals surface area contributed by atoms with Crippen molar-refractivity contribution in [1.29, 1.82) is 0 Å². The van der Waals surface area contributed by atoms with Gasteiger partial charge in [0, 0.05) is 26.2 Å². The third kappa shape index (κ3) is 10.4. The molecule has 0 aliphatic carbocycles. The molecule has 0 atom stereocenters. The van der Waals surface area contributed by atoms with Gasteiger partial charge in [0.15, 0.2) is 5.13 Å². The summed E-state index contributed by atoms with van der Waals surface area (Å²) in [5.74, 6) is -0.929. The third-order valence-electron chi connectivity index (χ3n) is 5.37. The lowest BCUT2D eigenvalue weighted by molar-refractivity contribution is 0.0407. The van der Waals surface area contributed by atoms with E-state index in [0.717, 1.165) is 26.1 Å². The van der Waals surface area contributed by atoms with Crippen LogP contribution in [0.2, 0.25) is 0 Å². The monoisotopic (exact) mass is 541 g/mol. The summed E-state index contributed by atoms with van der Waals surface area (Å²) in [7, 11) is 0. The minimum absolute atomic E-state index is 0.00310. The molecular weight excluding hydrogens is 498 g/mol. The number of nitrogens with zero attached hydrogens (tertiary/aromatic N) is 3. The average molecular weight is 542 g/mol. The number of aromatic nitrogens is 1. The summed E-state index contributed by atoms with van der Waals surface area (Å²) < 4.78 is 10.4. The Balaban J connectivity index is 0.000000294. The van der Waals surface area contributed by atoms with Crippen LogP contribution in [0.1, 0.15) is 77.2 Å². The highest BCUT2D eigenvalue weighted by molar-refractivity contribution is 7.17.